The second-order valence-corrected chi connectivity index (χ2v) is 7.38. The first kappa shape index (κ1) is 17.1. The molecule has 1 saturated carbocycles. The lowest BCUT2D eigenvalue weighted by molar-refractivity contribution is -0.121. The smallest absolute Gasteiger partial charge is 0.229 e. The molecule has 4 rings (SSSR count). The Balaban J connectivity index is 1.41. The monoisotopic (exact) mass is 355 g/mol. The summed E-state index contributed by atoms with van der Waals surface area (Å²) < 4.78 is 1.96. The van der Waals surface area contributed by atoms with Gasteiger partial charge >= 0.3 is 0 Å². The number of pyridine rings is 1. The van der Waals surface area contributed by atoms with Crippen LogP contribution in [0.5, 0.6) is 0 Å². The molecule has 3 heterocycles. The molecule has 2 fully saturated rings. The lowest BCUT2D eigenvalue weighted by Crippen LogP contribution is -2.42. The summed E-state index contributed by atoms with van der Waals surface area (Å²) in [6, 6.07) is 6.23. The fourth-order valence-corrected chi connectivity index (χ4v) is 3.63. The maximum atomic E-state index is 12.7. The maximum Gasteiger partial charge on any atom is 0.229 e. The number of carbonyl (C=O) groups excluding carboxylic acids is 1. The van der Waals surface area contributed by atoms with E-state index in [0.29, 0.717) is 11.9 Å². The Morgan fingerprint density at radius 2 is 2.15 bits per heavy atom. The molecule has 2 atom stereocenters. The quantitative estimate of drug-likeness (QED) is 0.884. The van der Waals surface area contributed by atoms with Crippen molar-refractivity contribution in [2.75, 3.05) is 18.4 Å². The van der Waals surface area contributed by atoms with Gasteiger partial charge in [0.25, 0.3) is 0 Å². The molecule has 2 aliphatic rings. The molecule has 1 saturated heterocycles. The van der Waals surface area contributed by atoms with Crippen LogP contribution in [-0.4, -0.2) is 49.1 Å². The number of carbonyl (C=O) groups is 1. The number of hydrogen-bond donors (Lipinski definition) is 1. The Morgan fingerprint density at radius 3 is 2.92 bits per heavy atom. The maximum absolute atomic E-state index is 12.7. The summed E-state index contributed by atoms with van der Waals surface area (Å²) in [5, 5.41) is 15.2. The van der Waals surface area contributed by atoms with Crippen molar-refractivity contribution >= 4 is 11.7 Å². The van der Waals surface area contributed by atoms with Crippen molar-refractivity contribution in [2.24, 2.45) is 5.92 Å². The molecule has 0 bridgehead atoms. The van der Waals surface area contributed by atoms with Gasteiger partial charge in [-0.3, -0.25) is 9.69 Å². The van der Waals surface area contributed by atoms with E-state index in [0.717, 1.165) is 50.3 Å². The average Bonchev–Trinajstić information content (AvgIpc) is 3.38. The lowest BCUT2D eigenvalue weighted by atomic mass is 9.96. The highest BCUT2D eigenvalue weighted by molar-refractivity contribution is 5.91. The van der Waals surface area contributed by atoms with Crippen molar-refractivity contribution in [3.05, 3.63) is 29.7 Å². The number of aromatic nitrogens is 5. The van der Waals surface area contributed by atoms with Crippen LogP contribution in [0.25, 0.3) is 0 Å². The SMILES string of the molecule is Cc1cccc(NC(=O)C2CCCN(C(C)c3nnnn3C3CC3)C2)n1. The van der Waals surface area contributed by atoms with E-state index < -0.39 is 0 Å². The van der Waals surface area contributed by atoms with Gasteiger partial charge in [0.2, 0.25) is 5.91 Å². The van der Waals surface area contributed by atoms with Gasteiger partial charge in [-0.1, -0.05) is 6.07 Å². The number of piperidine rings is 1. The van der Waals surface area contributed by atoms with Crippen LogP contribution in [0.15, 0.2) is 18.2 Å². The van der Waals surface area contributed by atoms with Crippen LogP contribution in [0.3, 0.4) is 0 Å². The Kier molecular flexibility index (Phi) is 4.67. The first-order valence-electron chi connectivity index (χ1n) is 9.38. The van der Waals surface area contributed by atoms with Crippen molar-refractivity contribution in [3.63, 3.8) is 0 Å². The highest BCUT2D eigenvalue weighted by Crippen LogP contribution is 2.36. The summed E-state index contributed by atoms with van der Waals surface area (Å²) in [6.45, 7) is 5.73. The van der Waals surface area contributed by atoms with E-state index in [-0.39, 0.29) is 17.9 Å². The molecule has 0 aromatic carbocycles. The van der Waals surface area contributed by atoms with Crippen LogP contribution >= 0.6 is 0 Å². The molecular weight excluding hydrogens is 330 g/mol. The van der Waals surface area contributed by atoms with Crippen LogP contribution in [-0.2, 0) is 4.79 Å². The minimum absolute atomic E-state index is 0.0428. The van der Waals surface area contributed by atoms with E-state index >= 15 is 0 Å². The molecule has 1 N–H and O–H groups in total. The zero-order chi connectivity index (χ0) is 18.1. The van der Waals surface area contributed by atoms with Crippen LogP contribution in [0.2, 0.25) is 0 Å². The molecule has 2 aromatic heterocycles. The highest BCUT2D eigenvalue weighted by atomic mass is 16.2. The molecule has 138 valence electrons. The minimum Gasteiger partial charge on any atom is -0.310 e. The van der Waals surface area contributed by atoms with Gasteiger partial charge in [0.05, 0.1) is 18.0 Å². The van der Waals surface area contributed by atoms with Crippen LogP contribution in [0, 0.1) is 12.8 Å². The zero-order valence-electron chi connectivity index (χ0n) is 15.3. The Hall–Kier alpha value is -2.35. The number of nitrogens with one attached hydrogen (secondary N) is 1. The summed E-state index contributed by atoms with van der Waals surface area (Å²) in [5.41, 5.74) is 0.897. The second kappa shape index (κ2) is 7.11. The number of rotatable bonds is 5. The number of anilines is 1. The molecule has 1 aliphatic heterocycles. The van der Waals surface area contributed by atoms with Crippen molar-refractivity contribution in [1.29, 1.82) is 0 Å². The fraction of sp³-hybridized carbons (Fsp3) is 0.611. The predicted octanol–water partition coefficient (Wildman–Crippen LogP) is 2.12. The molecule has 0 radical (unpaired) electrons. The normalized spacial score (nSPS) is 22.2. The van der Waals surface area contributed by atoms with Gasteiger partial charge in [-0.2, -0.15) is 0 Å². The molecule has 2 aromatic rings. The summed E-state index contributed by atoms with van der Waals surface area (Å²) in [5.74, 6) is 1.53. The minimum atomic E-state index is -0.0428. The average molecular weight is 355 g/mol. The number of nitrogens with zero attached hydrogens (tertiary/aromatic N) is 6. The first-order chi connectivity index (χ1) is 12.6. The van der Waals surface area contributed by atoms with Crippen LogP contribution in [0.4, 0.5) is 5.82 Å². The standard InChI is InChI=1S/C18H25N7O/c1-12-5-3-7-16(19-12)20-18(26)14-6-4-10-24(11-14)13(2)17-21-22-23-25(17)15-8-9-15/h3,5,7,13-15H,4,6,8-11H2,1-2H3,(H,19,20,26). The predicted molar refractivity (Wildman–Crippen MR) is 96.4 cm³/mol. The molecule has 8 heteroatoms. The molecule has 2 unspecified atom stereocenters. The van der Waals surface area contributed by atoms with Crippen molar-refractivity contribution < 1.29 is 4.79 Å². The van der Waals surface area contributed by atoms with Crippen molar-refractivity contribution in [3.8, 4) is 0 Å². The van der Waals surface area contributed by atoms with Crippen molar-refractivity contribution in [1.82, 2.24) is 30.1 Å². The summed E-state index contributed by atoms with van der Waals surface area (Å²) in [7, 11) is 0. The Bertz CT molecular complexity index is 785. The third-order valence-corrected chi connectivity index (χ3v) is 5.30. The molecule has 1 amide bonds. The molecule has 1 aliphatic carbocycles. The Labute approximate surface area is 153 Å². The topological polar surface area (TPSA) is 88.8 Å². The molecule has 8 nitrogen and oxygen atoms in total. The van der Waals surface area contributed by atoms with Gasteiger partial charge in [-0.05, 0) is 68.6 Å². The first-order valence-corrected chi connectivity index (χ1v) is 9.38. The summed E-state index contributed by atoms with van der Waals surface area (Å²) in [6.07, 6.45) is 4.20. The summed E-state index contributed by atoms with van der Waals surface area (Å²) >= 11 is 0. The molecule has 0 spiro atoms. The van der Waals surface area contributed by atoms with Gasteiger partial charge in [0.1, 0.15) is 5.82 Å². The number of hydrogen-bond acceptors (Lipinski definition) is 6. The molecular formula is C18H25N7O. The van der Waals surface area contributed by atoms with Gasteiger partial charge < -0.3 is 5.32 Å². The third-order valence-electron chi connectivity index (χ3n) is 5.30. The lowest BCUT2D eigenvalue weighted by Gasteiger charge is -2.35. The molecule has 26 heavy (non-hydrogen) atoms. The fourth-order valence-electron chi connectivity index (χ4n) is 3.63. The third kappa shape index (κ3) is 3.60. The Morgan fingerprint density at radius 1 is 1.31 bits per heavy atom. The second-order valence-electron chi connectivity index (χ2n) is 7.38. The number of likely N-dealkylation sites (tertiary alicyclic amines) is 1. The van der Waals surface area contributed by atoms with E-state index in [4.69, 9.17) is 0 Å². The van der Waals surface area contributed by atoms with Crippen molar-refractivity contribution in [2.45, 2.75) is 51.6 Å². The van der Waals surface area contributed by atoms with E-state index in [1.54, 1.807) is 0 Å². The number of tetrazole rings is 1. The van der Waals surface area contributed by atoms with Gasteiger partial charge in [-0.25, -0.2) is 9.67 Å². The van der Waals surface area contributed by atoms with E-state index in [2.05, 4.69) is 37.6 Å². The van der Waals surface area contributed by atoms with E-state index in [1.807, 2.05) is 29.8 Å². The van der Waals surface area contributed by atoms with E-state index in [9.17, 15) is 4.79 Å². The zero-order valence-corrected chi connectivity index (χ0v) is 15.3. The highest BCUT2D eigenvalue weighted by Gasteiger charge is 2.34. The van der Waals surface area contributed by atoms with Gasteiger partial charge in [0, 0.05) is 12.2 Å². The van der Waals surface area contributed by atoms with Crippen LogP contribution < -0.4 is 5.32 Å². The largest absolute Gasteiger partial charge is 0.310 e. The van der Waals surface area contributed by atoms with E-state index in [1.165, 1.54) is 0 Å². The number of aryl methyl sites for hydroxylation is 1. The van der Waals surface area contributed by atoms with Gasteiger partial charge in [0.15, 0.2) is 5.82 Å². The van der Waals surface area contributed by atoms with Crippen LogP contribution in [0.1, 0.15) is 56.2 Å². The summed E-state index contributed by atoms with van der Waals surface area (Å²) in [4.78, 5) is 19.4. The van der Waals surface area contributed by atoms with Gasteiger partial charge in [-0.15, -0.1) is 5.10 Å². The number of amides is 1.